The van der Waals surface area contributed by atoms with Crippen LogP contribution >= 0.6 is 0 Å². The molecule has 14 heteroatoms. The van der Waals surface area contributed by atoms with Crippen molar-refractivity contribution in [1.82, 2.24) is 40.0 Å². The van der Waals surface area contributed by atoms with Crippen LogP contribution in [0.25, 0.3) is 22.6 Å². The Kier molecular flexibility index (Phi) is 7.59. The number of pyridine rings is 1. The third-order valence-electron chi connectivity index (χ3n) is 7.90. The number of hydrogen-bond acceptors (Lipinski definition) is 9. The van der Waals surface area contributed by atoms with Gasteiger partial charge in [0.2, 0.25) is 11.8 Å². The van der Waals surface area contributed by atoms with Gasteiger partial charge in [-0.1, -0.05) is 41.2 Å². The number of carbonyl (C=O) groups excluding carboxylic acids is 2. The standard InChI is InChI=1S/C30H29F2N9O3/c1-30(2,28(33)43)20-8-9-23-21(17-20)35-26(44-23)19-10-11-34-22(16-19)27(42)40-14-12-39(13-15-40)24(18-6-4-3-5-7-18)25-36-38-41(37-25)29(31)32/h3-11,16-17,24,29H,12-15H2,1-2H3,(H2,33,43). The maximum Gasteiger partial charge on any atom is 0.350 e. The molecule has 0 radical (unpaired) electrons. The van der Waals surface area contributed by atoms with Crippen molar-refractivity contribution in [3.63, 3.8) is 0 Å². The number of oxazole rings is 1. The van der Waals surface area contributed by atoms with Crippen LogP contribution < -0.4 is 5.73 Å². The number of amides is 2. The predicted octanol–water partition coefficient (Wildman–Crippen LogP) is 3.58. The number of halogens is 2. The van der Waals surface area contributed by atoms with Crippen molar-refractivity contribution >= 4 is 22.9 Å². The summed E-state index contributed by atoms with van der Waals surface area (Å²) < 4.78 is 32.3. The van der Waals surface area contributed by atoms with Crippen LogP contribution in [0.4, 0.5) is 8.78 Å². The summed E-state index contributed by atoms with van der Waals surface area (Å²) in [5.41, 5.74) is 8.13. The van der Waals surface area contributed by atoms with Gasteiger partial charge in [-0.3, -0.25) is 19.5 Å². The van der Waals surface area contributed by atoms with E-state index >= 15 is 0 Å². The van der Waals surface area contributed by atoms with Crippen LogP contribution in [-0.2, 0) is 10.2 Å². The van der Waals surface area contributed by atoms with E-state index in [1.165, 1.54) is 6.20 Å². The van der Waals surface area contributed by atoms with E-state index in [0.717, 1.165) is 5.56 Å². The molecule has 12 nitrogen and oxygen atoms in total. The Morgan fingerprint density at radius 1 is 1.00 bits per heavy atom. The molecular weight excluding hydrogens is 572 g/mol. The molecule has 1 aliphatic heterocycles. The average molecular weight is 602 g/mol. The van der Waals surface area contributed by atoms with E-state index in [0.29, 0.717) is 59.1 Å². The summed E-state index contributed by atoms with van der Waals surface area (Å²) in [4.78, 5) is 38.3. The van der Waals surface area contributed by atoms with Crippen LogP contribution in [0.3, 0.4) is 0 Å². The SMILES string of the molecule is CC(C)(C(N)=O)c1ccc2oc(-c3ccnc(C(=O)N4CCN(C(c5ccccc5)c5nnn(C(F)F)n5)CC4)c3)nc2c1. The van der Waals surface area contributed by atoms with Gasteiger partial charge < -0.3 is 15.1 Å². The van der Waals surface area contributed by atoms with Gasteiger partial charge in [0.05, 0.1) is 11.5 Å². The second-order valence-corrected chi connectivity index (χ2v) is 11.0. The van der Waals surface area contributed by atoms with Crippen LogP contribution in [0.2, 0.25) is 0 Å². The highest BCUT2D eigenvalue weighted by atomic mass is 19.3. The number of primary amides is 1. The highest BCUT2D eigenvalue weighted by Crippen LogP contribution is 2.31. The van der Waals surface area contributed by atoms with Crippen LogP contribution in [0.15, 0.2) is 71.3 Å². The van der Waals surface area contributed by atoms with Crippen LogP contribution in [-0.4, -0.2) is 78.0 Å². The second-order valence-electron chi connectivity index (χ2n) is 11.0. The summed E-state index contributed by atoms with van der Waals surface area (Å²) in [6.07, 6.45) is 1.53. The van der Waals surface area contributed by atoms with Gasteiger partial charge in [-0.25, -0.2) is 4.98 Å². The van der Waals surface area contributed by atoms with Crippen LogP contribution in [0.1, 0.15) is 53.9 Å². The van der Waals surface area contributed by atoms with Gasteiger partial charge in [-0.2, -0.15) is 8.78 Å². The van der Waals surface area contributed by atoms with E-state index in [-0.39, 0.29) is 17.4 Å². The summed E-state index contributed by atoms with van der Waals surface area (Å²) in [6, 6.07) is 17.5. The number of nitrogens with zero attached hydrogens (tertiary/aromatic N) is 8. The van der Waals surface area contributed by atoms with E-state index in [1.54, 1.807) is 49.1 Å². The zero-order valence-corrected chi connectivity index (χ0v) is 24.0. The highest BCUT2D eigenvalue weighted by Gasteiger charge is 2.32. The topological polar surface area (TPSA) is 149 Å². The van der Waals surface area contributed by atoms with Crippen molar-refractivity contribution < 1.29 is 22.8 Å². The molecule has 2 amide bonds. The van der Waals surface area contributed by atoms with Gasteiger partial charge in [0.15, 0.2) is 11.4 Å². The summed E-state index contributed by atoms with van der Waals surface area (Å²) in [5, 5.41) is 11.3. The first-order chi connectivity index (χ1) is 21.1. The molecule has 1 saturated heterocycles. The molecular formula is C30H29F2N9O3. The van der Waals surface area contributed by atoms with Gasteiger partial charge in [0.1, 0.15) is 11.2 Å². The number of alkyl halides is 2. The molecule has 1 unspecified atom stereocenters. The quantitative estimate of drug-likeness (QED) is 0.282. The molecule has 5 aromatic rings. The highest BCUT2D eigenvalue weighted by molar-refractivity contribution is 5.93. The fraction of sp³-hybridized carbons (Fsp3) is 0.300. The molecule has 2 N–H and O–H groups in total. The van der Waals surface area contributed by atoms with Gasteiger partial charge in [0, 0.05) is 37.9 Å². The molecule has 0 spiro atoms. The minimum Gasteiger partial charge on any atom is -0.436 e. The van der Waals surface area contributed by atoms with E-state index in [2.05, 4.69) is 25.4 Å². The Labute approximate surface area is 250 Å². The lowest BCUT2D eigenvalue weighted by Gasteiger charge is -2.38. The first kappa shape index (κ1) is 29.0. The number of piperazine rings is 1. The van der Waals surface area contributed by atoms with Gasteiger partial charge in [0.25, 0.3) is 5.91 Å². The number of rotatable bonds is 8. The van der Waals surface area contributed by atoms with Crippen LogP contribution in [0.5, 0.6) is 0 Å². The number of benzene rings is 2. The number of fused-ring (bicyclic) bond motifs is 1. The average Bonchev–Trinajstić information content (AvgIpc) is 3.69. The molecule has 226 valence electrons. The van der Waals surface area contributed by atoms with Crippen molar-refractivity contribution in [2.24, 2.45) is 5.73 Å². The van der Waals surface area contributed by atoms with Crippen molar-refractivity contribution in [3.05, 3.63) is 89.5 Å². The number of carbonyl (C=O) groups is 2. The fourth-order valence-electron chi connectivity index (χ4n) is 5.19. The Balaban J connectivity index is 1.19. The van der Waals surface area contributed by atoms with Crippen LogP contribution in [0, 0.1) is 0 Å². The lowest BCUT2D eigenvalue weighted by molar-refractivity contribution is -0.122. The molecule has 4 heterocycles. The molecule has 44 heavy (non-hydrogen) atoms. The number of tetrazole rings is 1. The van der Waals surface area contributed by atoms with Crippen molar-refractivity contribution in [3.8, 4) is 11.5 Å². The summed E-state index contributed by atoms with van der Waals surface area (Å²) >= 11 is 0. The van der Waals surface area contributed by atoms with E-state index in [4.69, 9.17) is 10.2 Å². The minimum absolute atomic E-state index is 0.161. The summed E-state index contributed by atoms with van der Waals surface area (Å²) in [7, 11) is 0. The second kappa shape index (κ2) is 11.5. The third-order valence-corrected chi connectivity index (χ3v) is 7.90. The maximum atomic E-state index is 13.5. The van der Waals surface area contributed by atoms with Gasteiger partial charge >= 0.3 is 6.55 Å². The van der Waals surface area contributed by atoms with Crippen molar-refractivity contribution in [1.29, 1.82) is 0 Å². The van der Waals surface area contributed by atoms with Crippen molar-refractivity contribution in [2.75, 3.05) is 26.2 Å². The Morgan fingerprint density at radius 3 is 2.43 bits per heavy atom. The number of hydrogen-bond donors (Lipinski definition) is 1. The molecule has 2 aromatic carbocycles. The van der Waals surface area contributed by atoms with E-state index in [9.17, 15) is 18.4 Å². The molecule has 1 atom stereocenters. The van der Waals surface area contributed by atoms with E-state index in [1.807, 2.05) is 35.2 Å². The zero-order valence-electron chi connectivity index (χ0n) is 24.0. The van der Waals surface area contributed by atoms with Crippen molar-refractivity contribution in [2.45, 2.75) is 31.9 Å². The minimum atomic E-state index is -2.90. The molecule has 0 bridgehead atoms. The first-order valence-electron chi connectivity index (χ1n) is 13.9. The Bertz CT molecular complexity index is 1810. The summed E-state index contributed by atoms with van der Waals surface area (Å²) in [5.74, 6) is -0.240. The molecule has 1 fully saturated rings. The predicted molar refractivity (Wildman–Crippen MR) is 154 cm³/mol. The fourth-order valence-corrected chi connectivity index (χ4v) is 5.19. The first-order valence-corrected chi connectivity index (χ1v) is 13.9. The number of nitrogens with two attached hydrogens (primary N) is 1. The number of aromatic nitrogens is 6. The molecule has 1 aliphatic rings. The Morgan fingerprint density at radius 2 is 1.75 bits per heavy atom. The third kappa shape index (κ3) is 5.51. The Hall–Kier alpha value is -5.11. The lowest BCUT2D eigenvalue weighted by atomic mass is 9.84. The molecule has 6 rings (SSSR count). The van der Waals surface area contributed by atoms with E-state index < -0.39 is 23.9 Å². The lowest BCUT2D eigenvalue weighted by Crippen LogP contribution is -2.50. The smallest absolute Gasteiger partial charge is 0.350 e. The maximum absolute atomic E-state index is 13.5. The zero-order chi connectivity index (χ0) is 31.0. The monoisotopic (exact) mass is 601 g/mol. The van der Waals surface area contributed by atoms with Gasteiger partial charge in [-0.15, -0.1) is 10.2 Å². The normalized spacial score (nSPS) is 15.2. The molecule has 3 aromatic heterocycles. The molecule has 0 saturated carbocycles. The molecule has 0 aliphatic carbocycles. The summed E-state index contributed by atoms with van der Waals surface area (Å²) in [6.45, 7) is 2.24. The largest absolute Gasteiger partial charge is 0.436 e. The van der Waals surface area contributed by atoms with Gasteiger partial charge in [-0.05, 0) is 54.5 Å².